The maximum Gasteiger partial charge on any atom is 0.141 e. The van der Waals surface area contributed by atoms with Crippen LogP contribution in [0.5, 0.6) is 0 Å². The second-order valence-corrected chi connectivity index (χ2v) is 4.10. The van der Waals surface area contributed by atoms with Crippen LogP contribution in [0.15, 0.2) is 18.5 Å². The van der Waals surface area contributed by atoms with Crippen LogP contribution in [0.25, 0.3) is 0 Å². The van der Waals surface area contributed by atoms with Gasteiger partial charge in [-0.05, 0) is 31.9 Å². The van der Waals surface area contributed by atoms with E-state index in [9.17, 15) is 4.39 Å². The average Bonchev–Trinajstić information content (AvgIpc) is 2.15. The van der Waals surface area contributed by atoms with Gasteiger partial charge < -0.3 is 5.32 Å². The van der Waals surface area contributed by atoms with Gasteiger partial charge in [-0.3, -0.25) is 4.98 Å². The quantitative estimate of drug-likeness (QED) is 0.800. The van der Waals surface area contributed by atoms with E-state index in [0.29, 0.717) is 6.54 Å². The summed E-state index contributed by atoms with van der Waals surface area (Å²) >= 11 is 0. The molecule has 2 nitrogen and oxygen atoms in total. The van der Waals surface area contributed by atoms with Crippen molar-refractivity contribution in [3.8, 4) is 0 Å². The average molecular weight is 196 g/mol. The number of nitrogens with one attached hydrogen (secondary N) is 1. The summed E-state index contributed by atoms with van der Waals surface area (Å²) in [6.07, 6.45) is 3.94. The molecule has 0 unspecified atom stereocenters. The standard InChI is InChI=1S/C11H17FN2/c1-4-11(2,3)14-7-9-5-10(12)8-13-6-9/h5-6,8,14H,4,7H2,1-3H3. The topological polar surface area (TPSA) is 24.9 Å². The predicted octanol–water partition coefficient (Wildman–Crippen LogP) is 2.50. The van der Waals surface area contributed by atoms with Gasteiger partial charge in [0.25, 0.3) is 0 Å². The zero-order valence-electron chi connectivity index (χ0n) is 8.97. The van der Waals surface area contributed by atoms with E-state index in [1.54, 1.807) is 6.20 Å². The van der Waals surface area contributed by atoms with Gasteiger partial charge in [-0.1, -0.05) is 6.92 Å². The third kappa shape index (κ3) is 3.42. The fourth-order valence-corrected chi connectivity index (χ4v) is 1.02. The molecule has 1 aromatic rings. The number of halogens is 1. The van der Waals surface area contributed by atoms with Crippen LogP contribution in [-0.2, 0) is 6.54 Å². The van der Waals surface area contributed by atoms with Crippen molar-refractivity contribution < 1.29 is 4.39 Å². The molecule has 0 aromatic carbocycles. The highest BCUT2D eigenvalue weighted by molar-refractivity contribution is 5.10. The summed E-state index contributed by atoms with van der Waals surface area (Å²) in [5.41, 5.74) is 0.971. The van der Waals surface area contributed by atoms with E-state index in [4.69, 9.17) is 0 Å². The molecule has 0 saturated heterocycles. The monoisotopic (exact) mass is 196 g/mol. The molecule has 78 valence electrons. The molecule has 0 aliphatic rings. The number of pyridine rings is 1. The Morgan fingerprint density at radius 1 is 1.43 bits per heavy atom. The molecule has 0 bridgehead atoms. The molecule has 1 N–H and O–H groups in total. The van der Waals surface area contributed by atoms with Gasteiger partial charge >= 0.3 is 0 Å². The Bertz CT molecular complexity index is 297. The minimum Gasteiger partial charge on any atom is -0.308 e. The van der Waals surface area contributed by atoms with Crippen LogP contribution >= 0.6 is 0 Å². The summed E-state index contributed by atoms with van der Waals surface area (Å²) in [4.78, 5) is 3.80. The molecule has 14 heavy (non-hydrogen) atoms. The lowest BCUT2D eigenvalue weighted by Gasteiger charge is -2.24. The first-order valence-electron chi connectivity index (χ1n) is 4.88. The molecule has 0 aliphatic carbocycles. The van der Waals surface area contributed by atoms with Gasteiger partial charge in [0.1, 0.15) is 5.82 Å². The van der Waals surface area contributed by atoms with Gasteiger partial charge in [0, 0.05) is 18.3 Å². The van der Waals surface area contributed by atoms with E-state index in [-0.39, 0.29) is 11.4 Å². The number of hydrogen-bond donors (Lipinski definition) is 1. The van der Waals surface area contributed by atoms with E-state index < -0.39 is 0 Å². The number of hydrogen-bond acceptors (Lipinski definition) is 2. The van der Waals surface area contributed by atoms with Crippen molar-refractivity contribution in [3.63, 3.8) is 0 Å². The lowest BCUT2D eigenvalue weighted by molar-refractivity contribution is 0.374. The highest BCUT2D eigenvalue weighted by Gasteiger charge is 2.13. The molecule has 0 amide bonds. The van der Waals surface area contributed by atoms with E-state index in [1.807, 2.05) is 0 Å². The fourth-order valence-electron chi connectivity index (χ4n) is 1.02. The minimum atomic E-state index is -0.279. The van der Waals surface area contributed by atoms with E-state index >= 15 is 0 Å². The number of rotatable bonds is 4. The van der Waals surface area contributed by atoms with Crippen LogP contribution in [0.3, 0.4) is 0 Å². The molecule has 3 heteroatoms. The van der Waals surface area contributed by atoms with Crippen LogP contribution in [0.4, 0.5) is 4.39 Å². The highest BCUT2D eigenvalue weighted by Crippen LogP contribution is 2.09. The summed E-state index contributed by atoms with van der Waals surface area (Å²) in [6.45, 7) is 7.03. The summed E-state index contributed by atoms with van der Waals surface area (Å²) in [7, 11) is 0. The number of nitrogens with zero attached hydrogens (tertiary/aromatic N) is 1. The Labute approximate surface area is 84.6 Å². The van der Waals surface area contributed by atoms with Crippen LogP contribution < -0.4 is 5.32 Å². The highest BCUT2D eigenvalue weighted by atomic mass is 19.1. The van der Waals surface area contributed by atoms with Gasteiger partial charge in [-0.15, -0.1) is 0 Å². The van der Waals surface area contributed by atoms with E-state index in [0.717, 1.165) is 12.0 Å². The molecule has 0 aliphatic heterocycles. The van der Waals surface area contributed by atoms with Crippen molar-refractivity contribution in [1.29, 1.82) is 0 Å². The Morgan fingerprint density at radius 3 is 2.71 bits per heavy atom. The third-order valence-corrected chi connectivity index (χ3v) is 2.42. The second-order valence-electron chi connectivity index (χ2n) is 4.10. The van der Waals surface area contributed by atoms with Crippen molar-refractivity contribution in [2.75, 3.05) is 0 Å². The molecule has 1 rings (SSSR count). The second kappa shape index (κ2) is 4.51. The molecule has 0 radical (unpaired) electrons. The summed E-state index contributed by atoms with van der Waals surface area (Å²) < 4.78 is 12.8. The van der Waals surface area contributed by atoms with Gasteiger partial charge in [-0.25, -0.2) is 4.39 Å². The van der Waals surface area contributed by atoms with E-state index in [2.05, 4.69) is 31.1 Å². The SMILES string of the molecule is CCC(C)(C)NCc1cncc(F)c1. The van der Waals surface area contributed by atoms with Crippen LogP contribution in [-0.4, -0.2) is 10.5 Å². The lowest BCUT2D eigenvalue weighted by atomic mass is 10.0. The molecule has 0 spiro atoms. The van der Waals surface area contributed by atoms with Crippen molar-refractivity contribution in [1.82, 2.24) is 10.3 Å². The first-order valence-corrected chi connectivity index (χ1v) is 4.88. The van der Waals surface area contributed by atoms with Crippen molar-refractivity contribution in [3.05, 3.63) is 29.8 Å². The normalized spacial score (nSPS) is 11.7. The van der Waals surface area contributed by atoms with Gasteiger partial charge in [0.2, 0.25) is 0 Å². The predicted molar refractivity (Wildman–Crippen MR) is 55.4 cm³/mol. The smallest absolute Gasteiger partial charge is 0.141 e. The summed E-state index contributed by atoms with van der Waals surface area (Å²) in [5.74, 6) is -0.279. The van der Waals surface area contributed by atoms with Crippen LogP contribution in [0, 0.1) is 5.82 Å². The third-order valence-electron chi connectivity index (χ3n) is 2.42. The zero-order valence-corrected chi connectivity index (χ0v) is 8.97. The van der Waals surface area contributed by atoms with Crippen LogP contribution in [0.1, 0.15) is 32.8 Å². The first-order chi connectivity index (χ1) is 6.53. The molecule has 0 atom stereocenters. The van der Waals surface area contributed by atoms with Crippen molar-refractivity contribution in [2.24, 2.45) is 0 Å². The summed E-state index contributed by atoms with van der Waals surface area (Å²) in [6, 6.07) is 1.51. The maximum atomic E-state index is 12.8. The van der Waals surface area contributed by atoms with Crippen molar-refractivity contribution in [2.45, 2.75) is 39.3 Å². The molecule has 1 aromatic heterocycles. The largest absolute Gasteiger partial charge is 0.308 e. The molecule has 0 saturated carbocycles. The summed E-state index contributed by atoms with van der Waals surface area (Å²) in [5, 5.41) is 3.35. The Balaban J connectivity index is 2.54. The van der Waals surface area contributed by atoms with Gasteiger partial charge in [-0.2, -0.15) is 0 Å². The number of aromatic nitrogens is 1. The Kier molecular flexibility index (Phi) is 3.58. The zero-order chi connectivity index (χ0) is 10.6. The van der Waals surface area contributed by atoms with Crippen LogP contribution in [0.2, 0.25) is 0 Å². The maximum absolute atomic E-state index is 12.8. The molecular weight excluding hydrogens is 179 g/mol. The lowest BCUT2D eigenvalue weighted by Crippen LogP contribution is -2.37. The minimum absolute atomic E-state index is 0.0896. The molecular formula is C11H17FN2. The fraction of sp³-hybridized carbons (Fsp3) is 0.545. The Hall–Kier alpha value is -0.960. The van der Waals surface area contributed by atoms with Gasteiger partial charge in [0.05, 0.1) is 6.20 Å². The van der Waals surface area contributed by atoms with E-state index in [1.165, 1.54) is 12.3 Å². The van der Waals surface area contributed by atoms with Gasteiger partial charge in [0.15, 0.2) is 0 Å². The Morgan fingerprint density at radius 2 is 2.14 bits per heavy atom. The van der Waals surface area contributed by atoms with Crippen molar-refractivity contribution >= 4 is 0 Å². The molecule has 0 fully saturated rings. The first kappa shape index (κ1) is 11.1. The molecule has 1 heterocycles.